The van der Waals surface area contributed by atoms with Gasteiger partial charge in [-0.1, -0.05) is 57.2 Å². The Morgan fingerprint density at radius 1 is 1.03 bits per heavy atom. The smallest absolute Gasteiger partial charge is 0.246 e. The van der Waals surface area contributed by atoms with E-state index in [4.69, 9.17) is 0 Å². The van der Waals surface area contributed by atoms with Gasteiger partial charge in [0, 0.05) is 22.8 Å². The number of hydrogen-bond donors (Lipinski definition) is 3. The van der Waals surface area contributed by atoms with Crippen LogP contribution in [0.5, 0.6) is 5.75 Å². The molecule has 32 heavy (non-hydrogen) atoms. The van der Waals surface area contributed by atoms with E-state index in [1.807, 2.05) is 30.3 Å². The molecule has 172 valence electrons. The van der Waals surface area contributed by atoms with E-state index >= 15 is 0 Å². The molecular formula is C21H27N5O4S2. The Bertz CT molecular complexity index is 1190. The third kappa shape index (κ3) is 5.01. The first-order valence-corrected chi connectivity index (χ1v) is 12.3. The van der Waals surface area contributed by atoms with Crippen molar-refractivity contribution in [3.63, 3.8) is 0 Å². The number of aromatic hydroxyl groups is 1. The lowest BCUT2D eigenvalue weighted by molar-refractivity contribution is 0.347. The van der Waals surface area contributed by atoms with Gasteiger partial charge in [-0.2, -0.15) is 0 Å². The zero-order chi connectivity index (χ0) is 23.7. The monoisotopic (exact) mass is 477 g/mol. The predicted octanol–water partition coefficient (Wildman–Crippen LogP) is 4.10. The minimum atomic E-state index is -3.86. The maximum atomic E-state index is 12.5. The molecular weight excluding hydrogens is 450 g/mol. The van der Waals surface area contributed by atoms with Crippen LogP contribution in [0.2, 0.25) is 0 Å². The molecule has 0 amide bonds. The number of sulfonamides is 1. The quantitative estimate of drug-likeness (QED) is 0.342. The molecule has 1 heterocycles. The van der Waals surface area contributed by atoms with Crippen molar-refractivity contribution in [1.29, 1.82) is 0 Å². The summed E-state index contributed by atoms with van der Waals surface area (Å²) < 4.78 is 46.2. The Morgan fingerprint density at radius 2 is 1.66 bits per heavy atom. The van der Waals surface area contributed by atoms with Gasteiger partial charge in [0.1, 0.15) is 4.90 Å². The van der Waals surface area contributed by atoms with E-state index in [1.165, 1.54) is 32.3 Å². The summed E-state index contributed by atoms with van der Waals surface area (Å²) >= 11 is -1.85. The van der Waals surface area contributed by atoms with Crippen LogP contribution in [0.25, 0.3) is 0 Å². The highest BCUT2D eigenvalue weighted by Crippen LogP contribution is 2.40. The Labute approximate surface area is 191 Å². The Kier molecular flexibility index (Phi) is 6.75. The van der Waals surface area contributed by atoms with Crippen molar-refractivity contribution in [3.8, 4) is 5.75 Å². The second kappa shape index (κ2) is 9.02. The van der Waals surface area contributed by atoms with Crippen LogP contribution < -0.4 is 10.6 Å². The summed E-state index contributed by atoms with van der Waals surface area (Å²) in [6.07, 6.45) is 0. The van der Waals surface area contributed by atoms with Crippen LogP contribution in [0, 0.1) is 5.41 Å². The molecule has 1 aromatic heterocycles. The SMILES string of the molecule is CN(C)S(=O)(=O)c1cccc(Nc2n[s+]([O-])nc2N[C@@H](c2ccccc2)C(C)(C)C)c1O. The maximum absolute atomic E-state index is 12.5. The molecule has 0 bridgehead atoms. The fourth-order valence-electron chi connectivity index (χ4n) is 3.18. The molecule has 1 unspecified atom stereocenters. The first kappa shape index (κ1) is 23.9. The van der Waals surface area contributed by atoms with Crippen molar-refractivity contribution in [1.82, 2.24) is 13.1 Å². The van der Waals surface area contributed by atoms with Gasteiger partial charge in [0.2, 0.25) is 21.7 Å². The average Bonchev–Trinajstić information content (AvgIpc) is 3.06. The summed E-state index contributed by atoms with van der Waals surface area (Å²) in [5.74, 6) is -0.0630. The number of aromatic nitrogens is 2. The molecule has 3 N–H and O–H groups in total. The number of rotatable bonds is 7. The highest BCUT2D eigenvalue weighted by Gasteiger charge is 2.30. The fourth-order valence-corrected chi connectivity index (χ4v) is 4.80. The number of nitrogens with zero attached hydrogens (tertiary/aromatic N) is 3. The third-order valence-electron chi connectivity index (χ3n) is 4.85. The number of phenolic OH excluding ortho intramolecular Hbond substituents is 1. The molecule has 3 aromatic rings. The molecule has 0 fully saturated rings. The van der Waals surface area contributed by atoms with Gasteiger partial charge < -0.3 is 20.3 Å². The lowest BCUT2D eigenvalue weighted by Crippen LogP contribution is -2.26. The van der Waals surface area contributed by atoms with Crippen LogP contribution in [-0.4, -0.2) is 45.2 Å². The van der Waals surface area contributed by atoms with Crippen LogP contribution in [-0.2, 0) is 10.0 Å². The van der Waals surface area contributed by atoms with Gasteiger partial charge in [-0.05, 0) is 23.1 Å². The third-order valence-corrected chi connectivity index (χ3v) is 7.38. The van der Waals surface area contributed by atoms with Crippen LogP contribution >= 0.6 is 11.1 Å². The summed E-state index contributed by atoms with van der Waals surface area (Å²) in [6, 6.07) is 13.9. The van der Waals surface area contributed by atoms with Gasteiger partial charge in [0.05, 0.1) is 11.7 Å². The first-order valence-electron chi connectivity index (χ1n) is 9.84. The fraction of sp³-hybridized carbons (Fsp3) is 0.333. The molecule has 0 spiro atoms. The van der Waals surface area contributed by atoms with Crippen molar-refractivity contribution in [2.24, 2.45) is 5.41 Å². The number of benzene rings is 2. The van der Waals surface area contributed by atoms with Crippen LogP contribution in [0.1, 0.15) is 32.4 Å². The summed E-state index contributed by atoms with van der Waals surface area (Å²) in [5.41, 5.74) is 0.898. The van der Waals surface area contributed by atoms with Crippen molar-refractivity contribution >= 4 is 38.5 Å². The molecule has 0 saturated carbocycles. The van der Waals surface area contributed by atoms with Gasteiger partial charge in [-0.25, -0.2) is 12.7 Å². The van der Waals surface area contributed by atoms with Crippen LogP contribution in [0.3, 0.4) is 0 Å². The molecule has 2 aromatic carbocycles. The molecule has 11 heteroatoms. The first-order chi connectivity index (χ1) is 14.9. The minimum absolute atomic E-state index is 0.104. The summed E-state index contributed by atoms with van der Waals surface area (Å²) in [7, 11) is -1.11. The maximum Gasteiger partial charge on any atom is 0.246 e. The summed E-state index contributed by atoms with van der Waals surface area (Å²) in [6.45, 7) is 6.20. The van der Waals surface area contributed by atoms with Gasteiger partial charge in [0.15, 0.2) is 16.9 Å². The van der Waals surface area contributed by atoms with E-state index in [0.717, 1.165) is 9.87 Å². The zero-order valence-corrected chi connectivity index (χ0v) is 20.2. The molecule has 2 atom stereocenters. The average molecular weight is 478 g/mol. The lowest BCUT2D eigenvalue weighted by atomic mass is 9.82. The number of nitrogens with one attached hydrogen (secondary N) is 2. The van der Waals surface area contributed by atoms with Gasteiger partial charge in [-0.3, -0.25) is 0 Å². The van der Waals surface area contributed by atoms with E-state index in [-0.39, 0.29) is 33.7 Å². The van der Waals surface area contributed by atoms with E-state index in [1.54, 1.807) is 0 Å². The topological polar surface area (TPSA) is 131 Å². The van der Waals surface area contributed by atoms with Crippen molar-refractivity contribution in [3.05, 3.63) is 54.1 Å². The molecule has 0 aliphatic carbocycles. The van der Waals surface area contributed by atoms with Crippen molar-refractivity contribution in [2.75, 3.05) is 24.7 Å². The van der Waals surface area contributed by atoms with Gasteiger partial charge >= 0.3 is 0 Å². The minimum Gasteiger partial charge on any atom is -0.546 e. The highest BCUT2D eigenvalue weighted by atomic mass is 32.2. The molecule has 0 saturated heterocycles. The second-order valence-electron chi connectivity index (χ2n) is 8.53. The van der Waals surface area contributed by atoms with E-state index in [9.17, 15) is 18.1 Å². The van der Waals surface area contributed by atoms with Gasteiger partial charge in [-0.15, -0.1) is 0 Å². The molecule has 9 nitrogen and oxygen atoms in total. The normalized spacial score (nSPS) is 13.8. The Balaban J connectivity index is 1.98. The van der Waals surface area contributed by atoms with Crippen molar-refractivity contribution in [2.45, 2.75) is 31.7 Å². The standard InChI is InChI=1S/C21H27N5O4S2/c1-21(2,3)18(14-10-7-6-8-11-14)23-20-19(24-31(28)25-20)22-15-12-9-13-16(17(15)27)32(29,30)26(4)5/h6-13,18,27H,1-5H3,(H,22,24)(H,23,25)/t18-,31?/m0/s1. The number of hydrogen-bond acceptors (Lipinski definition) is 8. The second-order valence-corrected chi connectivity index (χ2v) is 11.5. The highest BCUT2D eigenvalue weighted by molar-refractivity contribution is 7.89. The number of para-hydroxylation sites is 1. The summed E-state index contributed by atoms with van der Waals surface area (Å²) in [5, 5.41) is 16.8. The largest absolute Gasteiger partial charge is 0.546 e. The van der Waals surface area contributed by atoms with Crippen LogP contribution in [0.4, 0.5) is 17.3 Å². The van der Waals surface area contributed by atoms with Crippen molar-refractivity contribution < 1.29 is 18.1 Å². The van der Waals surface area contributed by atoms with Gasteiger partial charge in [0.25, 0.3) is 0 Å². The number of anilines is 3. The molecule has 3 rings (SSSR count). The molecule has 0 radical (unpaired) electrons. The van der Waals surface area contributed by atoms with Crippen LogP contribution in [0.15, 0.2) is 53.4 Å². The van der Waals surface area contributed by atoms with E-state index in [0.29, 0.717) is 0 Å². The Morgan fingerprint density at radius 3 is 2.25 bits per heavy atom. The molecule has 0 aliphatic heterocycles. The van der Waals surface area contributed by atoms with E-state index < -0.39 is 26.9 Å². The lowest BCUT2D eigenvalue weighted by Gasteiger charge is -2.31. The van der Waals surface area contributed by atoms with E-state index in [2.05, 4.69) is 40.2 Å². The summed E-state index contributed by atoms with van der Waals surface area (Å²) in [4.78, 5) is -0.254. The predicted molar refractivity (Wildman–Crippen MR) is 125 cm³/mol. The Hall–Kier alpha value is -2.73. The number of phenols is 1. The zero-order valence-electron chi connectivity index (χ0n) is 18.5. The molecule has 0 aliphatic rings.